The molecule has 1 aromatic rings. The molecule has 104 valence electrons. The lowest BCUT2D eigenvalue weighted by Crippen LogP contribution is -2.35. The molecule has 19 heavy (non-hydrogen) atoms. The van der Waals surface area contributed by atoms with E-state index < -0.39 is 0 Å². The van der Waals surface area contributed by atoms with Crippen molar-refractivity contribution in [1.29, 1.82) is 0 Å². The summed E-state index contributed by atoms with van der Waals surface area (Å²) >= 11 is 12.1. The maximum absolute atomic E-state index is 6.18. The van der Waals surface area contributed by atoms with Crippen LogP contribution in [-0.2, 0) is 6.54 Å². The van der Waals surface area contributed by atoms with Crippen molar-refractivity contribution < 1.29 is 0 Å². The summed E-state index contributed by atoms with van der Waals surface area (Å²) in [6.07, 6.45) is 3.98. The number of aromatic nitrogens is 1. The van der Waals surface area contributed by atoms with Crippen LogP contribution in [0.25, 0.3) is 0 Å². The van der Waals surface area contributed by atoms with Crippen molar-refractivity contribution >= 4 is 23.2 Å². The molecule has 3 rings (SSSR count). The molecule has 1 atom stereocenters. The van der Waals surface area contributed by atoms with E-state index in [9.17, 15) is 0 Å². The highest BCUT2D eigenvalue weighted by atomic mass is 35.5. The molecule has 1 unspecified atom stereocenters. The van der Waals surface area contributed by atoms with Gasteiger partial charge >= 0.3 is 0 Å². The normalized spacial score (nSPS) is 25.3. The zero-order chi connectivity index (χ0) is 13.2. The molecule has 3 nitrogen and oxygen atoms in total. The van der Waals surface area contributed by atoms with E-state index in [-0.39, 0.29) is 0 Å². The van der Waals surface area contributed by atoms with Crippen LogP contribution < -0.4 is 0 Å². The zero-order valence-electron chi connectivity index (χ0n) is 11.0. The summed E-state index contributed by atoms with van der Waals surface area (Å²) in [5.74, 6) is 0. The maximum Gasteiger partial charge on any atom is 0.129 e. The fraction of sp³-hybridized carbons (Fsp3) is 0.643. The maximum atomic E-state index is 6.18. The van der Waals surface area contributed by atoms with Gasteiger partial charge in [0.25, 0.3) is 0 Å². The molecule has 0 amide bonds. The van der Waals surface area contributed by atoms with E-state index in [1.165, 1.54) is 32.4 Å². The van der Waals surface area contributed by atoms with Crippen molar-refractivity contribution in [2.24, 2.45) is 0 Å². The SMILES string of the molecule is Clc1ccc(Cl)c(CN2CCC(N3CCCC3)C2)n1. The van der Waals surface area contributed by atoms with Gasteiger partial charge in [-0.2, -0.15) is 0 Å². The molecule has 0 saturated carbocycles. The van der Waals surface area contributed by atoms with Gasteiger partial charge in [-0.1, -0.05) is 23.2 Å². The topological polar surface area (TPSA) is 19.4 Å². The molecule has 0 radical (unpaired) electrons. The van der Waals surface area contributed by atoms with Gasteiger partial charge in [-0.3, -0.25) is 9.80 Å². The number of hydrogen-bond donors (Lipinski definition) is 0. The van der Waals surface area contributed by atoms with Gasteiger partial charge in [-0.25, -0.2) is 4.98 Å². The van der Waals surface area contributed by atoms with Crippen LogP contribution in [-0.4, -0.2) is 47.0 Å². The van der Waals surface area contributed by atoms with Gasteiger partial charge in [-0.05, 0) is 44.5 Å². The monoisotopic (exact) mass is 299 g/mol. The number of hydrogen-bond acceptors (Lipinski definition) is 3. The van der Waals surface area contributed by atoms with Crippen molar-refractivity contribution in [3.63, 3.8) is 0 Å². The predicted octanol–water partition coefficient (Wildman–Crippen LogP) is 3.06. The van der Waals surface area contributed by atoms with Gasteiger partial charge in [0.1, 0.15) is 5.15 Å². The van der Waals surface area contributed by atoms with Crippen LogP contribution >= 0.6 is 23.2 Å². The van der Waals surface area contributed by atoms with E-state index in [0.717, 1.165) is 31.4 Å². The molecule has 1 aromatic heterocycles. The summed E-state index contributed by atoms with van der Waals surface area (Å²) in [5, 5.41) is 1.24. The van der Waals surface area contributed by atoms with Gasteiger partial charge < -0.3 is 0 Å². The van der Waals surface area contributed by atoms with Crippen LogP contribution in [0.4, 0.5) is 0 Å². The summed E-state index contributed by atoms with van der Waals surface area (Å²) in [4.78, 5) is 9.41. The molecule has 2 fully saturated rings. The van der Waals surface area contributed by atoms with Crippen LogP contribution in [0, 0.1) is 0 Å². The van der Waals surface area contributed by atoms with E-state index >= 15 is 0 Å². The third-order valence-corrected chi connectivity index (χ3v) is 4.72. The highest BCUT2D eigenvalue weighted by Crippen LogP contribution is 2.24. The van der Waals surface area contributed by atoms with Gasteiger partial charge in [-0.15, -0.1) is 0 Å². The predicted molar refractivity (Wildman–Crippen MR) is 78.7 cm³/mol. The first-order chi connectivity index (χ1) is 9.22. The molecule has 0 bridgehead atoms. The fourth-order valence-electron chi connectivity index (χ4n) is 3.14. The second-order valence-corrected chi connectivity index (χ2v) is 6.28. The molecule has 2 aliphatic rings. The minimum absolute atomic E-state index is 0.523. The molecule has 0 aliphatic carbocycles. The molecule has 0 aromatic carbocycles. The van der Waals surface area contributed by atoms with E-state index in [4.69, 9.17) is 23.2 Å². The quantitative estimate of drug-likeness (QED) is 0.800. The van der Waals surface area contributed by atoms with Crippen LogP contribution in [0.15, 0.2) is 12.1 Å². The molecule has 5 heteroatoms. The van der Waals surface area contributed by atoms with Gasteiger partial charge in [0.2, 0.25) is 0 Å². The molecule has 0 spiro atoms. The third kappa shape index (κ3) is 3.22. The minimum atomic E-state index is 0.523. The van der Waals surface area contributed by atoms with Gasteiger partial charge in [0, 0.05) is 25.7 Å². The van der Waals surface area contributed by atoms with E-state index in [0.29, 0.717) is 10.2 Å². The Morgan fingerprint density at radius 1 is 1.16 bits per heavy atom. The Labute approximate surface area is 124 Å². The minimum Gasteiger partial charge on any atom is -0.299 e. The Bertz CT molecular complexity index is 446. The summed E-state index contributed by atoms with van der Waals surface area (Å²) in [5.41, 5.74) is 0.899. The van der Waals surface area contributed by atoms with E-state index in [1.807, 2.05) is 6.07 Å². The molecule has 2 saturated heterocycles. The highest BCUT2D eigenvalue weighted by molar-refractivity contribution is 6.32. The third-order valence-electron chi connectivity index (χ3n) is 4.16. The number of rotatable bonds is 3. The van der Waals surface area contributed by atoms with Crippen LogP contribution in [0.2, 0.25) is 10.2 Å². The Hall–Kier alpha value is -0.350. The first-order valence-corrected chi connectivity index (χ1v) is 7.75. The van der Waals surface area contributed by atoms with Crippen molar-refractivity contribution in [2.75, 3.05) is 26.2 Å². The summed E-state index contributed by atoms with van der Waals surface area (Å²) in [7, 11) is 0. The highest BCUT2D eigenvalue weighted by Gasteiger charge is 2.29. The van der Waals surface area contributed by atoms with E-state index in [2.05, 4.69) is 14.8 Å². The number of likely N-dealkylation sites (tertiary alicyclic amines) is 2. The van der Waals surface area contributed by atoms with E-state index in [1.54, 1.807) is 6.07 Å². The molecular formula is C14H19Cl2N3. The number of pyridine rings is 1. The average molecular weight is 300 g/mol. The largest absolute Gasteiger partial charge is 0.299 e. The fourth-order valence-corrected chi connectivity index (χ4v) is 3.47. The lowest BCUT2D eigenvalue weighted by atomic mass is 10.2. The Kier molecular flexibility index (Phi) is 4.27. The van der Waals surface area contributed by atoms with Crippen molar-refractivity contribution in [3.05, 3.63) is 28.0 Å². The smallest absolute Gasteiger partial charge is 0.129 e. The van der Waals surface area contributed by atoms with Crippen molar-refractivity contribution in [1.82, 2.24) is 14.8 Å². The molecule has 2 aliphatic heterocycles. The molecular weight excluding hydrogens is 281 g/mol. The molecule has 3 heterocycles. The van der Waals surface area contributed by atoms with Crippen LogP contribution in [0.5, 0.6) is 0 Å². The lowest BCUT2D eigenvalue weighted by molar-refractivity contribution is 0.229. The second-order valence-electron chi connectivity index (χ2n) is 5.48. The standard InChI is InChI=1S/C14H19Cl2N3/c15-12-3-4-14(16)17-13(12)10-18-8-5-11(9-18)19-6-1-2-7-19/h3-4,11H,1-2,5-10H2. The summed E-state index contributed by atoms with van der Waals surface area (Å²) in [6, 6.07) is 4.30. The van der Waals surface area contributed by atoms with Crippen LogP contribution in [0.1, 0.15) is 25.0 Å². The number of halogens is 2. The molecule has 0 N–H and O–H groups in total. The van der Waals surface area contributed by atoms with Gasteiger partial charge in [0.05, 0.1) is 10.7 Å². The van der Waals surface area contributed by atoms with Crippen molar-refractivity contribution in [2.45, 2.75) is 31.8 Å². The van der Waals surface area contributed by atoms with Crippen molar-refractivity contribution in [3.8, 4) is 0 Å². The first kappa shape index (κ1) is 13.6. The summed E-state index contributed by atoms with van der Waals surface area (Å²) in [6.45, 7) is 5.61. The lowest BCUT2D eigenvalue weighted by Gasteiger charge is -2.23. The average Bonchev–Trinajstić information content (AvgIpc) is 3.04. The Morgan fingerprint density at radius 3 is 2.74 bits per heavy atom. The second kappa shape index (κ2) is 5.96. The van der Waals surface area contributed by atoms with Crippen LogP contribution in [0.3, 0.4) is 0 Å². The first-order valence-electron chi connectivity index (χ1n) is 7.00. The Morgan fingerprint density at radius 2 is 1.95 bits per heavy atom. The number of nitrogens with zero attached hydrogens (tertiary/aromatic N) is 3. The zero-order valence-corrected chi connectivity index (χ0v) is 12.5. The van der Waals surface area contributed by atoms with Gasteiger partial charge in [0.15, 0.2) is 0 Å². The summed E-state index contributed by atoms with van der Waals surface area (Å²) < 4.78 is 0. The Balaban J connectivity index is 1.60.